The molecule has 1 aromatic carbocycles. The fourth-order valence-electron chi connectivity index (χ4n) is 2.89. The first-order chi connectivity index (χ1) is 11.7. The third kappa shape index (κ3) is 3.48. The minimum atomic E-state index is -0.554. The molecule has 1 aliphatic heterocycles. The maximum absolute atomic E-state index is 13.0. The number of anilines is 1. The third-order valence-electron chi connectivity index (χ3n) is 4.11. The number of nitrogens with zero attached hydrogens (tertiary/aromatic N) is 1. The molecule has 0 saturated carbocycles. The first kappa shape index (κ1) is 16.6. The normalized spacial score (nSPS) is 14.3. The topological polar surface area (TPSA) is 62.6 Å². The van der Waals surface area contributed by atoms with Crippen molar-refractivity contribution < 1.29 is 14.0 Å². The molecule has 0 unspecified atom stereocenters. The zero-order valence-corrected chi connectivity index (χ0v) is 14.3. The van der Waals surface area contributed by atoms with Gasteiger partial charge in [-0.3, -0.25) is 9.59 Å². The van der Waals surface area contributed by atoms with E-state index in [1.165, 1.54) is 11.8 Å². The number of carbonyl (C=O) groups is 2. The van der Waals surface area contributed by atoms with E-state index in [2.05, 4.69) is 5.32 Å². The van der Waals surface area contributed by atoms with Crippen molar-refractivity contribution in [3.05, 3.63) is 54.0 Å². The Morgan fingerprint density at radius 1 is 1.29 bits per heavy atom. The van der Waals surface area contributed by atoms with Crippen molar-refractivity contribution in [2.45, 2.75) is 18.9 Å². The molecule has 2 heterocycles. The Kier molecular flexibility index (Phi) is 5.25. The van der Waals surface area contributed by atoms with Gasteiger partial charge in [0, 0.05) is 12.2 Å². The Labute approximate surface area is 145 Å². The summed E-state index contributed by atoms with van der Waals surface area (Å²) in [5.74, 6) is 0.601. The van der Waals surface area contributed by atoms with Crippen LogP contribution in [0.25, 0.3) is 0 Å². The van der Waals surface area contributed by atoms with Gasteiger partial charge in [-0.15, -0.1) is 0 Å². The highest BCUT2D eigenvalue weighted by molar-refractivity contribution is 7.98. The summed E-state index contributed by atoms with van der Waals surface area (Å²) in [5.41, 5.74) is 2.12. The summed E-state index contributed by atoms with van der Waals surface area (Å²) >= 11 is 1.65. The Balaban J connectivity index is 1.76. The van der Waals surface area contributed by atoms with Gasteiger partial charge in [0.2, 0.25) is 5.91 Å². The number of rotatable bonds is 6. The van der Waals surface area contributed by atoms with E-state index in [-0.39, 0.29) is 17.6 Å². The van der Waals surface area contributed by atoms with Crippen LogP contribution in [0.2, 0.25) is 0 Å². The van der Waals surface area contributed by atoms with Gasteiger partial charge in [-0.2, -0.15) is 11.8 Å². The van der Waals surface area contributed by atoms with Gasteiger partial charge in [-0.1, -0.05) is 18.2 Å². The molecule has 0 aliphatic carbocycles. The molecule has 0 saturated heterocycles. The van der Waals surface area contributed by atoms with Crippen LogP contribution in [0.3, 0.4) is 0 Å². The molecule has 5 nitrogen and oxygen atoms in total. The molecule has 0 radical (unpaired) electrons. The molecule has 126 valence electrons. The smallest absolute Gasteiger partial charge is 0.287 e. The summed E-state index contributed by atoms with van der Waals surface area (Å²) < 4.78 is 5.12. The molecule has 1 atom stereocenters. The van der Waals surface area contributed by atoms with Crippen LogP contribution < -0.4 is 10.2 Å². The summed E-state index contributed by atoms with van der Waals surface area (Å²) in [7, 11) is 0. The van der Waals surface area contributed by atoms with Gasteiger partial charge < -0.3 is 14.6 Å². The fourth-order valence-corrected chi connectivity index (χ4v) is 3.36. The number of amides is 2. The molecule has 1 aromatic heterocycles. The zero-order valence-electron chi connectivity index (χ0n) is 13.5. The molecule has 1 aliphatic rings. The lowest BCUT2D eigenvalue weighted by molar-refractivity contribution is -0.120. The van der Waals surface area contributed by atoms with E-state index in [1.807, 2.05) is 30.5 Å². The second-order valence-electron chi connectivity index (χ2n) is 5.65. The predicted octanol–water partition coefficient (Wildman–Crippen LogP) is 2.72. The lowest BCUT2D eigenvalue weighted by Gasteiger charge is -2.24. The van der Waals surface area contributed by atoms with Crippen LogP contribution in [-0.4, -0.2) is 36.4 Å². The molecule has 0 fully saturated rings. The highest BCUT2D eigenvalue weighted by Gasteiger charge is 2.31. The van der Waals surface area contributed by atoms with E-state index in [0.29, 0.717) is 13.0 Å². The average Bonchev–Trinajstić information content (AvgIpc) is 3.27. The molecule has 6 heteroatoms. The van der Waals surface area contributed by atoms with Crippen molar-refractivity contribution >= 4 is 29.3 Å². The van der Waals surface area contributed by atoms with Gasteiger partial charge >= 0.3 is 0 Å². The average molecular weight is 344 g/mol. The van der Waals surface area contributed by atoms with Gasteiger partial charge in [0.25, 0.3) is 5.91 Å². The number of furan rings is 1. The number of carbonyl (C=O) groups excluding carboxylic acids is 2. The second kappa shape index (κ2) is 7.57. The van der Waals surface area contributed by atoms with Crippen LogP contribution in [0.1, 0.15) is 22.5 Å². The highest BCUT2D eigenvalue weighted by atomic mass is 32.2. The van der Waals surface area contributed by atoms with Gasteiger partial charge in [0.1, 0.15) is 6.04 Å². The summed E-state index contributed by atoms with van der Waals surface area (Å²) in [6, 6.07) is 10.6. The molecular weight excluding hydrogens is 324 g/mol. The fraction of sp³-hybridized carbons (Fsp3) is 0.333. The van der Waals surface area contributed by atoms with Crippen LogP contribution in [0.4, 0.5) is 5.69 Å². The van der Waals surface area contributed by atoms with Crippen LogP contribution in [0.5, 0.6) is 0 Å². The maximum Gasteiger partial charge on any atom is 0.287 e. The largest absolute Gasteiger partial charge is 0.459 e. The summed E-state index contributed by atoms with van der Waals surface area (Å²) in [6.07, 6.45) is 4.87. The van der Waals surface area contributed by atoms with E-state index < -0.39 is 6.04 Å². The lowest BCUT2D eigenvalue weighted by atomic mass is 10.1. The number of benzene rings is 1. The number of hydrogen-bond donors (Lipinski definition) is 1. The lowest BCUT2D eigenvalue weighted by Crippen LogP contribution is -2.48. The number of nitrogens with one attached hydrogen (secondary N) is 1. The van der Waals surface area contributed by atoms with E-state index in [9.17, 15) is 9.59 Å². The van der Waals surface area contributed by atoms with Crippen molar-refractivity contribution in [1.82, 2.24) is 5.32 Å². The molecule has 2 aromatic rings. The highest BCUT2D eigenvalue weighted by Crippen LogP contribution is 2.28. The molecule has 0 spiro atoms. The summed E-state index contributed by atoms with van der Waals surface area (Å²) in [6.45, 7) is 0.657. The molecule has 24 heavy (non-hydrogen) atoms. The molecule has 2 amide bonds. The Hall–Kier alpha value is -2.21. The zero-order chi connectivity index (χ0) is 16.9. The first-order valence-electron chi connectivity index (χ1n) is 7.93. The minimum absolute atomic E-state index is 0.0612. The van der Waals surface area contributed by atoms with Gasteiger partial charge in [0.05, 0.1) is 6.26 Å². The van der Waals surface area contributed by atoms with Crippen molar-refractivity contribution in [1.29, 1.82) is 0 Å². The quantitative estimate of drug-likeness (QED) is 0.875. The monoisotopic (exact) mass is 344 g/mol. The van der Waals surface area contributed by atoms with E-state index in [0.717, 1.165) is 17.9 Å². The standard InChI is InChI=1S/C18H20N2O3S/c1-24-12-9-14(19-17(21)16-7-4-11-23-16)18(22)20-10-8-13-5-2-3-6-15(13)20/h2-7,11,14H,8-10,12H2,1H3,(H,19,21)/t14-/m1/s1. The maximum atomic E-state index is 13.0. The first-order valence-corrected chi connectivity index (χ1v) is 9.32. The van der Waals surface area contributed by atoms with Gasteiger partial charge in [-0.05, 0) is 48.6 Å². The minimum Gasteiger partial charge on any atom is -0.459 e. The SMILES string of the molecule is CSCC[C@@H](NC(=O)c1ccco1)C(=O)N1CCc2ccccc21. The Morgan fingerprint density at radius 3 is 2.88 bits per heavy atom. The molecule has 1 N–H and O–H groups in total. The van der Waals surface area contributed by atoms with Crippen LogP contribution in [0.15, 0.2) is 47.1 Å². The van der Waals surface area contributed by atoms with Crippen molar-refractivity contribution in [3.63, 3.8) is 0 Å². The van der Waals surface area contributed by atoms with Gasteiger partial charge in [-0.25, -0.2) is 0 Å². The van der Waals surface area contributed by atoms with E-state index in [1.54, 1.807) is 28.8 Å². The Bertz CT molecular complexity index is 715. The van der Waals surface area contributed by atoms with Crippen molar-refractivity contribution in [2.75, 3.05) is 23.5 Å². The summed E-state index contributed by atoms with van der Waals surface area (Å²) in [5, 5.41) is 2.82. The summed E-state index contributed by atoms with van der Waals surface area (Å²) in [4.78, 5) is 27.0. The van der Waals surface area contributed by atoms with Gasteiger partial charge in [0.15, 0.2) is 5.76 Å². The number of fused-ring (bicyclic) bond motifs is 1. The van der Waals surface area contributed by atoms with E-state index >= 15 is 0 Å². The van der Waals surface area contributed by atoms with E-state index in [4.69, 9.17) is 4.42 Å². The van der Waals surface area contributed by atoms with Crippen LogP contribution in [-0.2, 0) is 11.2 Å². The molecule has 0 bridgehead atoms. The van der Waals surface area contributed by atoms with Crippen LogP contribution in [0, 0.1) is 0 Å². The van der Waals surface area contributed by atoms with Crippen LogP contribution >= 0.6 is 11.8 Å². The molecule has 3 rings (SSSR count). The predicted molar refractivity (Wildman–Crippen MR) is 95.5 cm³/mol. The number of hydrogen-bond acceptors (Lipinski definition) is 4. The van der Waals surface area contributed by atoms with Crippen molar-refractivity contribution in [3.8, 4) is 0 Å². The number of para-hydroxylation sites is 1. The van der Waals surface area contributed by atoms with Crippen molar-refractivity contribution in [2.24, 2.45) is 0 Å². The Morgan fingerprint density at radius 2 is 2.12 bits per heavy atom. The number of thioether (sulfide) groups is 1. The third-order valence-corrected chi connectivity index (χ3v) is 4.76. The second-order valence-corrected chi connectivity index (χ2v) is 6.64. The molecular formula is C18H20N2O3S.